The lowest BCUT2D eigenvalue weighted by Gasteiger charge is -2.11. The van der Waals surface area contributed by atoms with Crippen LogP contribution in [-0.2, 0) is 6.54 Å². The third-order valence-electron chi connectivity index (χ3n) is 3.92. The molecule has 0 bridgehead atoms. The van der Waals surface area contributed by atoms with Crippen molar-refractivity contribution in [1.29, 1.82) is 0 Å². The lowest BCUT2D eigenvalue weighted by atomic mass is 10.1. The molecule has 1 aromatic heterocycles. The van der Waals surface area contributed by atoms with E-state index < -0.39 is 0 Å². The minimum atomic E-state index is -0.200. The van der Waals surface area contributed by atoms with Gasteiger partial charge in [-0.2, -0.15) is 0 Å². The second kappa shape index (κ2) is 7.43. The Morgan fingerprint density at radius 2 is 1.92 bits per heavy atom. The average Bonchev–Trinajstić information content (AvgIpc) is 2.59. The molecule has 0 aliphatic rings. The van der Waals surface area contributed by atoms with Gasteiger partial charge >= 0.3 is 0 Å². The van der Waals surface area contributed by atoms with Gasteiger partial charge in [0.25, 0.3) is 11.5 Å². The molecule has 5 nitrogen and oxygen atoms in total. The highest BCUT2D eigenvalue weighted by Crippen LogP contribution is 2.13. The van der Waals surface area contributed by atoms with Crippen molar-refractivity contribution in [2.45, 2.75) is 26.4 Å². The molecule has 134 valence electrons. The van der Waals surface area contributed by atoms with Crippen LogP contribution in [0.5, 0.6) is 0 Å². The van der Waals surface area contributed by atoms with Gasteiger partial charge in [0.2, 0.25) is 0 Å². The number of amides is 1. The van der Waals surface area contributed by atoms with Crippen molar-refractivity contribution >= 4 is 40.6 Å². The molecule has 1 heterocycles. The SMILES string of the molecule is CC(C)NC(=O)c1ccc2c(=O)n(Cc3ccc(Cl)cc3)c(=S)[nH]c2c1. The van der Waals surface area contributed by atoms with Crippen LogP contribution in [0.25, 0.3) is 10.9 Å². The minimum absolute atomic E-state index is 0.0315. The van der Waals surface area contributed by atoms with Crippen molar-refractivity contribution < 1.29 is 4.79 Å². The molecule has 0 radical (unpaired) electrons. The van der Waals surface area contributed by atoms with Crippen molar-refractivity contribution in [2.24, 2.45) is 0 Å². The maximum absolute atomic E-state index is 12.8. The van der Waals surface area contributed by atoms with Crippen LogP contribution in [0.4, 0.5) is 0 Å². The summed E-state index contributed by atoms with van der Waals surface area (Å²) in [5.74, 6) is -0.188. The van der Waals surface area contributed by atoms with Gasteiger partial charge in [-0.25, -0.2) is 0 Å². The summed E-state index contributed by atoms with van der Waals surface area (Å²) in [7, 11) is 0. The first kappa shape index (κ1) is 18.4. The van der Waals surface area contributed by atoms with E-state index in [-0.39, 0.29) is 17.5 Å². The van der Waals surface area contributed by atoms with Gasteiger partial charge in [-0.05, 0) is 62.0 Å². The Morgan fingerprint density at radius 1 is 1.23 bits per heavy atom. The Labute approximate surface area is 160 Å². The summed E-state index contributed by atoms with van der Waals surface area (Å²) in [6, 6.07) is 12.2. The van der Waals surface area contributed by atoms with Crippen LogP contribution in [0.1, 0.15) is 29.8 Å². The fraction of sp³-hybridized carbons (Fsp3) is 0.211. The quantitative estimate of drug-likeness (QED) is 0.667. The largest absolute Gasteiger partial charge is 0.350 e. The van der Waals surface area contributed by atoms with Gasteiger partial charge in [0.05, 0.1) is 17.4 Å². The van der Waals surface area contributed by atoms with Crippen molar-refractivity contribution in [1.82, 2.24) is 14.9 Å². The van der Waals surface area contributed by atoms with Crippen LogP contribution < -0.4 is 10.9 Å². The van der Waals surface area contributed by atoms with E-state index in [2.05, 4.69) is 10.3 Å². The molecule has 7 heteroatoms. The smallest absolute Gasteiger partial charge is 0.262 e. The molecule has 2 N–H and O–H groups in total. The van der Waals surface area contributed by atoms with Crippen LogP contribution in [0.3, 0.4) is 0 Å². The molecule has 2 aromatic carbocycles. The average molecular weight is 388 g/mol. The number of hydrogen-bond donors (Lipinski definition) is 2. The summed E-state index contributed by atoms with van der Waals surface area (Å²) >= 11 is 11.3. The van der Waals surface area contributed by atoms with Gasteiger partial charge in [0.15, 0.2) is 4.77 Å². The summed E-state index contributed by atoms with van der Waals surface area (Å²) in [5.41, 5.74) is 1.74. The van der Waals surface area contributed by atoms with Gasteiger partial charge in [0, 0.05) is 16.6 Å². The molecule has 0 unspecified atom stereocenters. The van der Waals surface area contributed by atoms with Crippen molar-refractivity contribution in [2.75, 3.05) is 0 Å². The predicted octanol–water partition coefficient (Wildman–Crippen LogP) is 3.90. The number of benzene rings is 2. The molecular formula is C19H18ClN3O2S. The Balaban J connectivity index is 2.03. The standard InChI is InChI=1S/C19H18ClN3O2S/c1-11(2)21-17(24)13-5-8-15-16(9-13)22-19(26)23(18(15)25)10-12-3-6-14(20)7-4-12/h3-9,11H,10H2,1-2H3,(H,21,24)(H,22,26). The molecular weight excluding hydrogens is 370 g/mol. The van der Waals surface area contributed by atoms with Crippen molar-refractivity contribution in [3.05, 3.63) is 73.7 Å². The molecule has 3 rings (SSSR count). The number of nitrogens with one attached hydrogen (secondary N) is 2. The second-order valence-corrected chi connectivity index (χ2v) is 7.16. The summed E-state index contributed by atoms with van der Waals surface area (Å²) in [6.45, 7) is 4.13. The van der Waals surface area contributed by atoms with Crippen molar-refractivity contribution in [3.8, 4) is 0 Å². The number of halogens is 1. The number of carbonyl (C=O) groups is 1. The van der Waals surface area contributed by atoms with Gasteiger partial charge in [-0.3, -0.25) is 14.2 Å². The number of aromatic nitrogens is 2. The van der Waals surface area contributed by atoms with Crippen LogP contribution >= 0.6 is 23.8 Å². The van der Waals surface area contributed by atoms with Crippen LogP contribution in [-0.4, -0.2) is 21.5 Å². The van der Waals surface area contributed by atoms with Crippen LogP contribution in [0.15, 0.2) is 47.3 Å². The molecule has 0 saturated heterocycles. The molecule has 0 saturated carbocycles. The summed E-state index contributed by atoms with van der Waals surface area (Å²) in [5, 5.41) is 3.94. The van der Waals surface area contributed by atoms with E-state index in [1.807, 2.05) is 26.0 Å². The lowest BCUT2D eigenvalue weighted by molar-refractivity contribution is 0.0943. The summed E-state index contributed by atoms with van der Waals surface area (Å²) < 4.78 is 1.80. The highest BCUT2D eigenvalue weighted by Gasteiger charge is 2.11. The maximum Gasteiger partial charge on any atom is 0.262 e. The van der Waals surface area contributed by atoms with Crippen LogP contribution in [0, 0.1) is 4.77 Å². The molecule has 0 spiro atoms. The van der Waals surface area contributed by atoms with E-state index in [0.29, 0.717) is 32.8 Å². The number of carbonyl (C=O) groups excluding carboxylic acids is 1. The van der Waals surface area contributed by atoms with Crippen molar-refractivity contribution in [3.63, 3.8) is 0 Å². The van der Waals surface area contributed by atoms with Gasteiger partial charge in [0.1, 0.15) is 0 Å². The van der Waals surface area contributed by atoms with E-state index >= 15 is 0 Å². The van der Waals surface area contributed by atoms with E-state index in [1.165, 1.54) is 4.57 Å². The first-order valence-corrected chi connectivity index (χ1v) is 8.96. The predicted molar refractivity (Wildman–Crippen MR) is 107 cm³/mol. The van der Waals surface area contributed by atoms with E-state index in [9.17, 15) is 9.59 Å². The lowest BCUT2D eigenvalue weighted by Crippen LogP contribution is -2.30. The highest BCUT2D eigenvalue weighted by atomic mass is 35.5. The maximum atomic E-state index is 12.8. The fourth-order valence-corrected chi connectivity index (χ4v) is 3.04. The molecule has 0 aliphatic carbocycles. The third-order valence-corrected chi connectivity index (χ3v) is 4.49. The number of aromatic amines is 1. The number of rotatable bonds is 4. The monoisotopic (exact) mass is 387 g/mol. The number of hydrogen-bond acceptors (Lipinski definition) is 3. The second-order valence-electron chi connectivity index (χ2n) is 6.34. The fourth-order valence-electron chi connectivity index (χ4n) is 2.66. The summed E-state index contributed by atoms with van der Waals surface area (Å²) in [4.78, 5) is 28.0. The van der Waals surface area contributed by atoms with Gasteiger partial charge in [-0.1, -0.05) is 23.7 Å². The third kappa shape index (κ3) is 3.86. The van der Waals surface area contributed by atoms with E-state index in [4.69, 9.17) is 23.8 Å². The summed E-state index contributed by atoms with van der Waals surface area (Å²) in [6.07, 6.45) is 0. The van der Waals surface area contributed by atoms with Gasteiger partial charge in [-0.15, -0.1) is 0 Å². The van der Waals surface area contributed by atoms with Crippen LogP contribution in [0.2, 0.25) is 5.02 Å². The van der Waals surface area contributed by atoms with E-state index in [0.717, 1.165) is 5.56 Å². The highest BCUT2D eigenvalue weighted by molar-refractivity contribution is 7.71. The number of fused-ring (bicyclic) bond motifs is 1. The Kier molecular flexibility index (Phi) is 5.25. The normalized spacial score (nSPS) is 11.1. The molecule has 0 aliphatic heterocycles. The zero-order valence-corrected chi connectivity index (χ0v) is 15.9. The first-order valence-electron chi connectivity index (χ1n) is 8.17. The molecule has 26 heavy (non-hydrogen) atoms. The Hall–Kier alpha value is -2.44. The first-order chi connectivity index (χ1) is 12.3. The Bertz CT molecular complexity index is 1080. The molecule has 0 fully saturated rings. The Morgan fingerprint density at radius 3 is 2.58 bits per heavy atom. The van der Waals surface area contributed by atoms with E-state index in [1.54, 1.807) is 30.3 Å². The minimum Gasteiger partial charge on any atom is -0.350 e. The number of H-pyrrole nitrogens is 1. The zero-order valence-electron chi connectivity index (χ0n) is 14.4. The molecule has 0 atom stereocenters. The topological polar surface area (TPSA) is 66.9 Å². The molecule has 3 aromatic rings. The number of nitrogens with zero attached hydrogens (tertiary/aromatic N) is 1. The van der Waals surface area contributed by atoms with Gasteiger partial charge < -0.3 is 10.3 Å². The zero-order chi connectivity index (χ0) is 18.8. The molecule has 1 amide bonds.